The summed E-state index contributed by atoms with van der Waals surface area (Å²) < 4.78 is 0. The number of halogens is 1. The van der Waals surface area contributed by atoms with E-state index in [9.17, 15) is 4.79 Å². The lowest BCUT2D eigenvalue weighted by atomic mass is 9.99. The van der Waals surface area contributed by atoms with Gasteiger partial charge in [0.1, 0.15) is 0 Å². The number of benzene rings is 2. The number of rotatable bonds is 5. The van der Waals surface area contributed by atoms with Crippen LogP contribution in [0.5, 0.6) is 0 Å². The lowest BCUT2D eigenvalue weighted by Gasteiger charge is -2.26. The smallest absolute Gasteiger partial charge is 0.234 e. The third kappa shape index (κ3) is 4.94. The van der Waals surface area contributed by atoms with E-state index in [0.717, 1.165) is 25.1 Å². The van der Waals surface area contributed by atoms with Crippen LogP contribution >= 0.6 is 11.6 Å². The molecule has 0 aliphatic carbocycles. The molecule has 0 unspecified atom stereocenters. The molecule has 0 saturated carbocycles. The Hall–Kier alpha value is -2.10. The van der Waals surface area contributed by atoms with Crippen LogP contribution in [0.15, 0.2) is 60.7 Å². The lowest BCUT2D eigenvalue weighted by molar-refractivity contribution is -0.122. The first-order chi connectivity index (χ1) is 12.1. The standard InChI is InChI=1S/C21H23ClN2O/c1-16(19-8-5-9-20(22)14-19)23-21(25)15-24-12-10-18(11-13-24)17-6-3-2-4-7-17/h2-10,14,16H,11-13,15H2,1H3,(H,23,25)/t16-/m1/s1. The van der Waals surface area contributed by atoms with Gasteiger partial charge in [-0.05, 0) is 42.2 Å². The first-order valence-electron chi connectivity index (χ1n) is 8.63. The van der Waals surface area contributed by atoms with Crippen LogP contribution in [0, 0.1) is 0 Å². The minimum absolute atomic E-state index is 0.0454. The van der Waals surface area contributed by atoms with Gasteiger partial charge in [-0.15, -0.1) is 0 Å². The molecule has 0 saturated heterocycles. The summed E-state index contributed by atoms with van der Waals surface area (Å²) in [5.74, 6) is 0.0454. The van der Waals surface area contributed by atoms with Crippen molar-refractivity contribution in [1.29, 1.82) is 0 Å². The zero-order valence-electron chi connectivity index (χ0n) is 14.4. The molecule has 3 nitrogen and oxygen atoms in total. The van der Waals surface area contributed by atoms with Gasteiger partial charge in [-0.25, -0.2) is 0 Å². The summed E-state index contributed by atoms with van der Waals surface area (Å²) in [5, 5.41) is 3.74. The fourth-order valence-corrected chi connectivity index (χ4v) is 3.32. The van der Waals surface area contributed by atoms with Crippen molar-refractivity contribution in [3.05, 3.63) is 76.8 Å². The molecule has 0 bridgehead atoms. The van der Waals surface area contributed by atoms with E-state index in [2.05, 4.69) is 40.6 Å². The number of nitrogens with zero attached hydrogens (tertiary/aromatic N) is 1. The fourth-order valence-electron chi connectivity index (χ4n) is 3.12. The molecular formula is C21H23ClN2O. The highest BCUT2D eigenvalue weighted by Gasteiger charge is 2.17. The molecule has 0 spiro atoms. The summed E-state index contributed by atoms with van der Waals surface area (Å²) in [6.45, 7) is 4.11. The van der Waals surface area contributed by atoms with Gasteiger partial charge >= 0.3 is 0 Å². The molecule has 4 heteroatoms. The monoisotopic (exact) mass is 354 g/mol. The summed E-state index contributed by atoms with van der Waals surface area (Å²) >= 11 is 6.02. The minimum atomic E-state index is -0.0496. The molecule has 3 rings (SSSR count). The third-order valence-corrected chi connectivity index (χ3v) is 4.77. The van der Waals surface area contributed by atoms with Crippen molar-refractivity contribution in [3.63, 3.8) is 0 Å². The number of hydrogen-bond donors (Lipinski definition) is 1. The Morgan fingerprint density at radius 3 is 2.68 bits per heavy atom. The van der Waals surface area contributed by atoms with Crippen LogP contribution < -0.4 is 5.32 Å². The maximum atomic E-state index is 12.3. The summed E-state index contributed by atoms with van der Waals surface area (Å²) in [6, 6.07) is 18.0. The van der Waals surface area contributed by atoms with Crippen molar-refractivity contribution >= 4 is 23.1 Å². The van der Waals surface area contributed by atoms with Crippen molar-refractivity contribution in [2.24, 2.45) is 0 Å². The number of nitrogens with one attached hydrogen (secondary N) is 1. The Labute approximate surface area is 154 Å². The van der Waals surface area contributed by atoms with Gasteiger partial charge in [-0.2, -0.15) is 0 Å². The van der Waals surface area contributed by atoms with Gasteiger partial charge in [0.2, 0.25) is 5.91 Å². The van der Waals surface area contributed by atoms with Gasteiger partial charge in [0.25, 0.3) is 0 Å². The Morgan fingerprint density at radius 2 is 2.00 bits per heavy atom. The normalized spacial score (nSPS) is 16.2. The van der Waals surface area contributed by atoms with Gasteiger partial charge in [0, 0.05) is 18.1 Å². The third-order valence-electron chi connectivity index (χ3n) is 4.53. The summed E-state index contributed by atoms with van der Waals surface area (Å²) in [4.78, 5) is 14.5. The molecular weight excluding hydrogens is 332 g/mol. The van der Waals surface area contributed by atoms with E-state index >= 15 is 0 Å². The van der Waals surface area contributed by atoms with Crippen molar-refractivity contribution in [3.8, 4) is 0 Å². The molecule has 2 aromatic carbocycles. The zero-order valence-corrected chi connectivity index (χ0v) is 15.2. The molecule has 25 heavy (non-hydrogen) atoms. The Balaban J connectivity index is 1.52. The molecule has 2 aromatic rings. The zero-order chi connectivity index (χ0) is 17.6. The minimum Gasteiger partial charge on any atom is -0.348 e. The molecule has 1 aliphatic heterocycles. The highest BCUT2D eigenvalue weighted by Crippen LogP contribution is 2.22. The lowest BCUT2D eigenvalue weighted by Crippen LogP contribution is -2.40. The number of carbonyl (C=O) groups excluding carboxylic acids is 1. The van der Waals surface area contributed by atoms with Gasteiger partial charge in [-0.3, -0.25) is 9.69 Å². The molecule has 1 aliphatic rings. The quantitative estimate of drug-likeness (QED) is 0.867. The molecule has 1 amide bonds. The van der Waals surface area contributed by atoms with Crippen LogP contribution in [0.25, 0.3) is 5.57 Å². The van der Waals surface area contributed by atoms with E-state index in [0.29, 0.717) is 11.6 Å². The number of carbonyl (C=O) groups is 1. The average molecular weight is 355 g/mol. The summed E-state index contributed by atoms with van der Waals surface area (Å²) in [7, 11) is 0. The SMILES string of the molecule is C[C@@H](NC(=O)CN1CC=C(c2ccccc2)CC1)c1cccc(Cl)c1. The van der Waals surface area contributed by atoms with Crippen LogP contribution in [0.1, 0.15) is 30.5 Å². The topological polar surface area (TPSA) is 32.3 Å². The van der Waals surface area contributed by atoms with Gasteiger partial charge < -0.3 is 5.32 Å². The molecule has 1 N–H and O–H groups in total. The predicted molar refractivity (Wildman–Crippen MR) is 103 cm³/mol. The van der Waals surface area contributed by atoms with Gasteiger partial charge in [0.15, 0.2) is 0 Å². The molecule has 130 valence electrons. The van der Waals surface area contributed by atoms with Crippen molar-refractivity contribution in [2.45, 2.75) is 19.4 Å². The van der Waals surface area contributed by atoms with E-state index < -0.39 is 0 Å². The summed E-state index contributed by atoms with van der Waals surface area (Å²) in [5.41, 5.74) is 3.66. The molecule has 1 atom stereocenters. The molecule has 0 aromatic heterocycles. The maximum absolute atomic E-state index is 12.3. The molecule has 1 heterocycles. The van der Waals surface area contributed by atoms with Crippen LogP contribution in [0.2, 0.25) is 5.02 Å². The second-order valence-electron chi connectivity index (χ2n) is 6.42. The van der Waals surface area contributed by atoms with E-state index in [1.54, 1.807) is 0 Å². The van der Waals surface area contributed by atoms with Crippen LogP contribution in [-0.2, 0) is 4.79 Å². The number of amides is 1. The molecule has 0 radical (unpaired) electrons. The summed E-state index contributed by atoms with van der Waals surface area (Å²) in [6.07, 6.45) is 3.20. The van der Waals surface area contributed by atoms with Gasteiger partial charge in [-0.1, -0.05) is 60.1 Å². The predicted octanol–water partition coefficient (Wildman–Crippen LogP) is 4.31. The van der Waals surface area contributed by atoms with E-state index in [4.69, 9.17) is 11.6 Å². The largest absolute Gasteiger partial charge is 0.348 e. The van der Waals surface area contributed by atoms with Crippen molar-refractivity contribution in [1.82, 2.24) is 10.2 Å². The van der Waals surface area contributed by atoms with Gasteiger partial charge in [0.05, 0.1) is 12.6 Å². The Morgan fingerprint density at radius 1 is 1.20 bits per heavy atom. The Bertz CT molecular complexity index is 758. The van der Waals surface area contributed by atoms with E-state index in [1.165, 1.54) is 11.1 Å². The molecule has 0 fully saturated rings. The first kappa shape index (κ1) is 17.7. The van der Waals surface area contributed by atoms with Crippen LogP contribution in [0.3, 0.4) is 0 Å². The maximum Gasteiger partial charge on any atom is 0.234 e. The average Bonchev–Trinajstić information content (AvgIpc) is 2.63. The van der Waals surface area contributed by atoms with Crippen molar-refractivity contribution in [2.75, 3.05) is 19.6 Å². The second kappa shape index (κ2) is 8.32. The Kier molecular flexibility index (Phi) is 5.90. The van der Waals surface area contributed by atoms with E-state index in [-0.39, 0.29) is 11.9 Å². The number of hydrogen-bond acceptors (Lipinski definition) is 2. The second-order valence-corrected chi connectivity index (χ2v) is 6.86. The van der Waals surface area contributed by atoms with E-state index in [1.807, 2.05) is 37.3 Å². The van der Waals surface area contributed by atoms with Crippen LogP contribution in [-0.4, -0.2) is 30.4 Å². The highest BCUT2D eigenvalue weighted by atomic mass is 35.5. The highest BCUT2D eigenvalue weighted by molar-refractivity contribution is 6.30. The van der Waals surface area contributed by atoms with Crippen LogP contribution in [0.4, 0.5) is 0 Å². The fraction of sp³-hybridized carbons (Fsp3) is 0.286. The first-order valence-corrected chi connectivity index (χ1v) is 9.01. The van der Waals surface area contributed by atoms with Crippen molar-refractivity contribution < 1.29 is 4.79 Å².